The monoisotopic (exact) mass is 263 g/mol. The number of nitrogens with one attached hydrogen (secondary N) is 1. The Morgan fingerprint density at radius 1 is 1.47 bits per heavy atom. The van der Waals surface area contributed by atoms with Crippen molar-refractivity contribution < 1.29 is 4.74 Å². The van der Waals surface area contributed by atoms with E-state index in [9.17, 15) is 0 Å². The fourth-order valence-electron chi connectivity index (χ4n) is 2.09. The van der Waals surface area contributed by atoms with Gasteiger partial charge in [-0.25, -0.2) is 0 Å². The Kier molecular flexibility index (Phi) is 5.83. The van der Waals surface area contributed by atoms with Gasteiger partial charge in [-0.2, -0.15) is 0 Å². The molecule has 3 N–H and O–H groups in total. The zero-order valence-corrected chi connectivity index (χ0v) is 12.4. The predicted molar refractivity (Wildman–Crippen MR) is 79.8 cm³/mol. The highest BCUT2D eigenvalue weighted by Crippen LogP contribution is 2.21. The van der Waals surface area contributed by atoms with Crippen molar-refractivity contribution in [3.8, 4) is 5.75 Å². The van der Waals surface area contributed by atoms with Crippen molar-refractivity contribution in [3.05, 3.63) is 29.3 Å². The largest absolute Gasteiger partial charge is 0.496 e. The Bertz CT molecular complexity index is 431. The first-order valence-electron chi connectivity index (χ1n) is 6.67. The van der Waals surface area contributed by atoms with Crippen molar-refractivity contribution in [2.45, 2.75) is 26.8 Å². The maximum atomic E-state index is 7.51. The van der Waals surface area contributed by atoms with Crippen LogP contribution in [0.4, 0.5) is 0 Å². The summed E-state index contributed by atoms with van der Waals surface area (Å²) in [6.07, 6.45) is 1.18. The molecule has 0 heterocycles. The SMILES string of the molecule is CCC(C)CN(C)Cc1cc(C(=N)N)ccc1OC. The number of nitrogens with two attached hydrogens (primary N) is 1. The normalized spacial score (nSPS) is 12.5. The quantitative estimate of drug-likeness (QED) is 0.587. The van der Waals surface area contributed by atoms with Crippen molar-refractivity contribution in [1.29, 1.82) is 5.41 Å². The molecule has 106 valence electrons. The Balaban J connectivity index is 2.85. The Morgan fingerprint density at radius 2 is 2.16 bits per heavy atom. The third kappa shape index (κ3) is 4.56. The van der Waals surface area contributed by atoms with E-state index in [1.807, 2.05) is 18.2 Å². The second-order valence-electron chi connectivity index (χ2n) is 5.15. The van der Waals surface area contributed by atoms with Crippen molar-refractivity contribution in [2.24, 2.45) is 11.7 Å². The lowest BCUT2D eigenvalue weighted by Crippen LogP contribution is -2.24. The van der Waals surface area contributed by atoms with Crippen LogP contribution in [0, 0.1) is 11.3 Å². The van der Waals surface area contributed by atoms with Crippen molar-refractivity contribution in [2.75, 3.05) is 20.7 Å². The average molecular weight is 263 g/mol. The fourth-order valence-corrected chi connectivity index (χ4v) is 2.09. The molecule has 0 aliphatic heterocycles. The number of rotatable bonds is 7. The Morgan fingerprint density at radius 3 is 2.68 bits per heavy atom. The molecule has 1 unspecified atom stereocenters. The Labute approximate surface area is 116 Å². The van der Waals surface area contributed by atoms with Gasteiger partial charge in [-0.15, -0.1) is 0 Å². The van der Waals surface area contributed by atoms with Gasteiger partial charge in [0, 0.05) is 24.2 Å². The zero-order valence-electron chi connectivity index (χ0n) is 12.4. The summed E-state index contributed by atoms with van der Waals surface area (Å²) in [4.78, 5) is 2.27. The van der Waals surface area contributed by atoms with Gasteiger partial charge < -0.3 is 15.4 Å². The molecular formula is C15H25N3O. The minimum Gasteiger partial charge on any atom is -0.496 e. The highest BCUT2D eigenvalue weighted by molar-refractivity contribution is 5.95. The van der Waals surface area contributed by atoms with Crippen LogP contribution in [0.2, 0.25) is 0 Å². The second-order valence-corrected chi connectivity index (χ2v) is 5.15. The molecule has 1 aromatic rings. The minimum atomic E-state index is 0.0912. The van der Waals surface area contributed by atoms with Gasteiger partial charge in [-0.05, 0) is 31.2 Å². The summed E-state index contributed by atoms with van der Waals surface area (Å²) in [6, 6.07) is 5.64. The minimum absolute atomic E-state index is 0.0912. The van der Waals surface area contributed by atoms with E-state index in [1.165, 1.54) is 6.42 Å². The van der Waals surface area contributed by atoms with Gasteiger partial charge in [0.25, 0.3) is 0 Å². The summed E-state index contributed by atoms with van der Waals surface area (Å²) in [5.74, 6) is 1.61. The fraction of sp³-hybridized carbons (Fsp3) is 0.533. The van der Waals surface area contributed by atoms with E-state index in [0.717, 1.165) is 30.0 Å². The van der Waals surface area contributed by atoms with Gasteiger partial charge in [-0.3, -0.25) is 5.41 Å². The third-order valence-corrected chi connectivity index (χ3v) is 3.35. The van der Waals surface area contributed by atoms with E-state index in [0.29, 0.717) is 5.92 Å². The molecule has 0 bridgehead atoms. The smallest absolute Gasteiger partial charge is 0.123 e. The topological polar surface area (TPSA) is 62.3 Å². The third-order valence-electron chi connectivity index (χ3n) is 3.35. The lowest BCUT2D eigenvalue weighted by molar-refractivity contribution is 0.270. The summed E-state index contributed by atoms with van der Waals surface area (Å²) >= 11 is 0. The second kappa shape index (κ2) is 7.14. The first-order chi connectivity index (χ1) is 8.97. The van der Waals surface area contributed by atoms with Crippen LogP contribution in [0.3, 0.4) is 0 Å². The van der Waals surface area contributed by atoms with E-state index in [4.69, 9.17) is 15.9 Å². The van der Waals surface area contributed by atoms with Gasteiger partial charge in [0.05, 0.1) is 7.11 Å². The van der Waals surface area contributed by atoms with Gasteiger partial charge in [0.2, 0.25) is 0 Å². The van der Waals surface area contributed by atoms with Crippen molar-refractivity contribution in [3.63, 3.8) is 0 Å². The number of ether oxygens (including phenoxy) is 1. The molecule has 0 radical (unpaired) electrons. The maximum absolute atomic E-state index is 7.51. The molecule has 0 spiro atoms. The predicted octanol–water partition coefficient (Wildman–Crippen LogP) is 2.46. The van der Waals surface area contributed by atoms with Crippen molar-refractivity contribution in [1.82, 2.24) is 4.90 Å². The summed E-state index contributed by atoms with van der Waals surface area (Å²) in [5.41, 5.74) is 7.35. The molecule has 0 aromatic heterocycles. The summed E-state index contributed by atoms with van der Waals surface area (Å²) in [7, 11) is 3.77. The number of nitrogen functional groups attached to an aromatic ring is 1. The Hall–Kier alpha value is -1.55. The molecule has 19 heavy (non-hydrogen) atoms. The summed E-state index contributed by atoms with van der Waals surface area (Å²) in [5, 5.41) is 7.51. The molecule has 0 aliphatic rings. The van der Waals surface area contributed by atoms with Crippen LogP contribution in [0.25, 0.3) is 0 Å². The van der Waals surface area contributed by atoms with E-state index >= 15 is 0 Å². The number of hydrogen-bond acceptors (Lipinski definition) is 3. The van der Waals surface area contributed by atoms with Crippen LogP contribution in [-0.2, 0) is 6.54 Å². The van der Waals surface area contributed by atoms with E-state index < -0.39 is 0 Å². The lowest BCUT2D eigenvalue weighted by atomic mass is 10.1. The molecule has 0 amide bonds. The number of hydrogen-bond donors (Lipinski definition) is 2. The van der Waals surface area contributed by atoms with Crippen LogP contribution >= 0.6 is 0 Å². The molecule has 0 saturated heterocycles. The number of methoxy groups -OCH3 is 1. The van der Waals surface area contributed by atoms with Gasteiger partial charge in [0.15, 0.2) is 0 Å². The molecule has 0 aliphatic carbocycles. The van der Waals surface area contributed by atoms with E-state index in [-0.39, 0.29) is 5.84 Å². The van der Waals surface area contributed by atoms with Gasteiger partial charge in [-0.1, -0.05) is 20.3 Å². The van der Waals surface area contributed by atoms with Gasteiger partial charge >= 0.3 is 0 Å². The first kappa shape index (κ1) is 15.5. The summed E-state index contributed by atoms with van der Waals surface area (Å²) < 4.78 is 5.37. The number of nitrogens with zero attached hydrogens (tertiary/aromatic N) is 1. The molecular weight excluding hydrogens is 238 g/mol. The molecule has 1 aromatic carbocycles. The first-order valence-corrected chi connectivity index (χ1v) is 6.67. The molecule has 4 nitrogen and oxygen atoms in total. The van der Waals surface area contributed by atoms with Gasteiger partial charge in [0.1, 0.15) is 11.6 Å². The number of amidine groups is 1. The van der Waals surface area contributed by atoms with Crippen LogP contribution in [0.1, 0.15) is 31.4 Å². The van der Waals surface area contributed by atoms with E-state index in [2.05, 4.69) is 25.8 Å². The van der Waals surface area contributed by atoms with Crippen LogP contribution in [-0.4, -0.2) is 31.4 Å². The molecule has 1 atom stereocenters. The summed E-state index contributed by atoms with van der Waals surface area (Å²) in [6.45, 7) is 6.30. The van der Waals surface area contributed by atoms with Crippen molar-refractivity contribution >= 4 is 5.84 Å². The highest BCUT2D eigenvalue weighted by Gasteiger charge is 2.10. The van der Waals surface area contributed by atoms with Crippen LogP contribution in [0.15, 0.2) is 18.2 Å². The lowest BCUT2D eigenvalue weighted by Gasteiger charge is -2.22. The van der Waals surface area contributed by atoms with Crippen LogP contribution < -0.4 is 10.5 Å². The molecule has 1 rings (SSSR count). The average Bonchev–Trinajstić information content (AvgIpc) is 2.38. The zero-order chi connectivity index (χ0) is 14.4. The molecule has 4 heteroatoms. The van der Waals surface area contributed by atoms with Crippen LogP contribution in [0.5, 0.6) is 5.75 Å². The standard InChI is InChI=1S/C15H25N3O/c1-5-11(2)9-18(3)10-13-8-12(15(16)17)6-7-14(13)19-4/h6-8,11H,5,9-10H2,1-4H3,(H3,16,17). The number of benzene rings is 1. The molecule has 0 fully saturated rings. The maximum Gasteiger partial charge on any atom is 0.123 e. The van der Waals surface area contributed by atoms with E-state index in [1.54, 1.807) is 7.11 Å². The highest BCUT2D eigenvalue weighted by atomic mass is 16.5. The molecule has 0 saturated carbocycles.